The van der Waals surface area contributed by atoms with Crippen LogP contribution in [0.25, 0.3) is 10.9 Å². The van der Waals surface area contributed by atoms with Crippen molar-refractivity contribution >= 4 is 16.9 Å². The summed E-state index contributed by atoms with van der Waals surface area (Å²) in [5.41, 5.74) is 0.616. The zero-order chi connectivity index (χ0) is 12.4. The molecule has 0 amide bonds. The molecular formula is C12H11NO4. The van der Waals surface area contributed by atoms with Gasteiger partial charge in [-0.05, 0) is 12.1 Å². The SMILES string of the molecule is COC(=O)c1cc2cccc(O)c2nc1OC. The van der Waals surface area contributed by atoms with E-state index in [0.717, 1.165) is 0 Å². The van der Waals surface area contributed by atoms with Crippen molar-refractivity contribution in [3.05, 3.63) is 29.8 Å². The topological polar surface area (TPSA) is 68.7 Å². The van der Waals surface area contributed by atoms with E-state index < -0.39 is 5.97 Å². The number of hydrogen-bond donors (Lipinski definition) is 1. The minimum absolute atomic E-state index is 0.0391. The number of methoxy groups -OCH3 is 2. The van der Waals surface area contributed by atoms with E-state index in [4.69, 9.17) is 4.74 Å². The number of aromatic nitrogens is 1. The molecule has 0 unspecified atom stereocenters. The van der Waals surface area contributed by atoms with Gasteiger partial charge in [-0.1, -0.05) is 12.1 Å². The van der Waals surface area contributed by atoms with Gasteiger partial charge in [-0.2, -0.15) is 0 Å². The molecule has 1 aromatic heterocycles. The van der Waals surface area contributed by atoms with E-state index in [1.807, 2.05) is 0 Å². The molecule has 0 bridgehead atoms. The highest BCUT2D eigenvalue weighted by Gasteiger charge is 2.16. The summed E-state index contributed by atoms with van der Waals surface area (Å²) in [6, 6.07) is 6.51. The van der Waals surface area contributed by atoms with Crippen molar-refractivity contribution in [1.29, 1.82) is 0 Å². The molecule has 1 heterocycles. The highest BCUT2D eigenvalue weighted by atomic mass is 16.5. The van der Waals surface area contributed by atoms with Crippen LogP contribution in [0, 0.1) is 0 Å². The fourth-order valence-corrected chi connectivity index (χ4v) is 1.58. The predicted molar refractivity (Wildman–Crippen MR) is 61.3 cm³/mol. The lowest BCUT2D eigenvalue weighted by atomic mass is 10.1. The quantitative estimate of drug-likeness (QED) is 0.800. The molecule has 0 aliphatic rings. The Balaban J connectivity index is 2.73. The van der Waals surface area contributed by atoms with Crippen molar-refractivity contribution in [2.24, 2.45) is 0 Å². The number of pyridine rings is 1. The summed E-state index contributed by atoms with van der Waals surface area (Å²) in [6.45, 7) is 0. The molecule has 2 rings (SSSR count). The number of ether oxygens (including phenoxy) is 2. The fraction of sp³-hybridized carbons (Fsp3) is 0.167. The second-order valence-corrected chi connectivity index (χ2v) is 3.39. The molecule has 1 aromatic carbocycles. The molecule has 17 heavy (non-hydrogen) atoms. The van der Waals surface area contributed by atoms with Crippen LogP contribution in [0.2, 0.25) is 0 Å². The number of carbonyl (C=O) groups excluding carboxylic acids is 1. The largest absolute Gasteiger partial charge is 0.506 e. The average Bonchev–Trinajstić information content (AvgIpc) is 2.37. The number of hydrogen-bond acceptors (Lipinski definition) is 5. The second-order valence-electron chi connectivity index (χ2n) is 3.39. The lowest BCUT2D eigenvalue weighted by Crippen LogP contribution is -2.05. The van der Waals surface area contributed by atoms with Gasteiger partial charge in [0.25, 0.3) is 0 Å². The van der Waals surface area contributed by atoms with E-state index in [-0.39, 0.29) is 17.2 Å². The van der Waals surface area contributed by atoms with Crippen molar-refractivity contribution in [2.75, 3.05) is 14.2 Å². The zero-order valence-electron chi connectivity index (χ0n) is 9.43. The first-order valence-electron chi connectivity index (χ1n) is 4.92. The average molecular weight is 233 g/mol. The lowest BCUT2D eigenvalue weighted by Gasteiger charge is -2.08. The number of carbonyl (C=O) groups is 1. The van der Waals surface area contributed by atoms with Gasteiger partial charge in [0, 0.05) is 5.39 Å². The summed E-state index contributed by atoms with van der Waals surface area (Å²) in [4.78, 5) is 15.6. The summed E-state index contributed by atoms with van der Waals surface area (Å²) in [7, 11) is 2.69. The smallest absolute Gasteiger partial charge is 0.343 e. The van der Waals surface area contributed by atoms with Crippen LogP contribution >= 0.6 is 0 Å². The third-order valence-electron chi connectivity index (χ3n) is 2.39. The van der Waals surface area contributed by atoms with Gasteiger partial charge in [0.15, 0.2) is 0 Å². The number of esters is 1. The normalized spacial score (nSPS) is 10.2. The molecular weight excluding hydrogens is 222 g/mol. The van der Waals surface area contributed by atoms with Crippen molar-refractivity contribution in [2.45, 2.75) is 0 Å². The van der Waals surface area contributed by atoms with Gasteiger partial charge in [-0.25, -0.2) is 9.78 Å². The molecule has 0 saturated heterocycles. The van der Waals surface area contributed by atoms with E-state index in [0.29, 0.717) is 10.9 Å². The number of phenolic OH excluding ortho intramolecular Hbond substituents is 1. The van der Waals surface area contributed by atoms with Crippen molar-refractivity contribution < 1.29 is 19.4 Å². The number of benzene rings is 1. The molecule has 0 atom stereocenters. The van der Waals surface area contributed by atoms with E-state index >= 15 is 0 Å². The molecule has 0 aliphatic carbocycles. The summed E-state index contributed by atoms with van der Waals surface area (Å²) in [6.07, 6.45) is 0. The minimum Gasteiger partial charge on any atom is -0.506 e. The highest BCUT2D eigenvalue weighted by molar-refractivity contribution is 5.97. The van der Waals surface area contributed by atoms with Gasteiger partial charge in [-0.15, -0.1) is 0 Å². The Kier molecular flexibility index (Phi) is 2.82. The third kappa shape index (κ3) is 1.87. The van der Waals surface area contributed by atoms with Crippen LogP contribution in [0.15, 0.2) is 24.3 Å². The fourth-order valence-electron chi connectivity index (χ4n) is 1.58. The van der Waals surface area contributed by atoms with E-state index in [1.54, 1.807) is 18.2 Å². The van der Waals surface area contributed by atoms with Crippen molar-refractivity contribution in [1.82, 2.24) is 4.98 Å². The Hall–Kier alpha value is -2.30. The number of aromatic hydroxyl groups is 1. The molecule has 0 fully saturated rings. The summed E-state index contributed by atoms with van der Waals surface area (Å²) in [5, 5.41) is 10.3. The number of fused-ring (bicyclic) bond motifs is 1. The first kappa shape index (κ1) is 11.2. The van der Waals surface area contributed by atoms with Crippen molar-refractivity contribution in [3.8, 4) is 11.6 Å². The van der Waals surface area contributed by atoms with E-state index in [1.165, 1.54) is 20.3 Å². The molecule has 88 valence electrons. The van der Waals surface area contributed by atoms with E-state index in [2.05, 4.69) is 9.72 Å². The molecule has 0 aliphatic heterocycles. The highest BCUT2D eigenvalue weighted by Crippen LogP contribution is 2.28. The van der Waals surface area contributed by atoms with Gasteiger partial charge in [-0.3, -0.25) is 0 Å². The Morgan fingerprint density at radius 1 is 1.35 bits per heavy atom. The molecule has 2 aromatic rings. The number of rotatable bonds is 2. The monoisotopic (exact) mass is 233 g/mol. The van der Waals surface area contributed by atoms with Gasteiger partial charge in [0.05, 0.1) is 14.2 Å². The Bertz CT molecular complexity index is 580. The Morgan fingerprint density at radius 2 is 2.12 bits per heavy atom. The standard InChI is InChI=1S/C12H11NO4/c1-16-11-8(12(15)17-2)6-7-4-3-5-9(14)10(7)13-11/h3-6,14H,1-2H3. The van der Waals surface area contributed by atoms with Crippen LogP contribution in [0.3, 0.4) is 0 Å². The summed E-state index contributed by atoms with van der Waals surface area (Å²) in [5.74, 6) is -0.359. The molecule has 1 N–H and O–H groups in total. The van der Waals surface area contributed by atoms with Crippen LogP contribution in [-0.4, -0.2) is 30.3 Å². The number of nitrogens with zero attached hydrogens (tertiary/aromatic N) is 1. The maximum atomic E-state index is 11.5. The third-order valence-corrected chi connectivity index (χ3v) is 2.39. The van der Waals surface area contributed by atoms with Crippen LogP contribution < -0.4 is 4.74 Å². The molecule has 0 spiro atoms. The number of para-hydroxylation sites is 1. The van der Waals surface area contributed by atoms with Crippen LogP contribution in [-0.2, 0) is 4.74 Å². The summed E-state index contributed by atoms with van der Waals surface area (Å²) < 4.78 is 9.64. The zero-order valence-corrected chi connectivity index (χ0v) is 9.43. The van der Waals surface area contributed by atoms with Crippen LogP contribution in [0.1, 0.15) is 10.4 Å². The van der Waals surface area contributed by atoms with Crippen LogP contribution in [0.4, 0.5) is 0 Å². The Morgan fingerprint density at radius 3 is 2.76 bits per heavy atom. The molecule has 0 saturated carbocycles. The first-order valence-corrected chi connectivity index (χ1v) is 4.92. The van der Waals surface area contributed by atoms with Gasteiger partial charge < -0.3 is 14.6 Å². The molecule has 5 nitrogen and oxygen atoms in total. The van der Waals surface area contributed by atoms with Crippen molar-refractivity contribution in [3.63, 3.8) is 0 Å². The lowest BCUT2D eigenvalue weighted by molar-refractivity contribution is 0.0596. The molecule has 0 radical (unpaired) electrons. The number of phenols is 1. The Labute approximate surface area is 97.6 Å². The maximum absolute atomic E-state index is 11.5. The maximum Gasteiger partial charge on any atom is 0.343 e. The minimum atomic E-state index is -0.528. The van der Waals surface area contributed by atoms with Crippen LogP contribution in [0.5, 0.6) is 11.6 Å². The van der Waals surface area contributed by atoms with Gasteiger partial charge >= 0.3 is 5.97 Å². The second kappa shape index (κ2) is 4.29. The summed E-state index contributed by atoms with van der Waals surface area (Å²) >= 11 is 0. The molecule has 5 heteroatoms. The van der Waals surface area contributed by atoms with E-state index in [9.17, 15) is 9.90 Å². The van der Waals surface area contributed by atoms with Gasteiger partial charge in [0.2, 0.25) is 5.88 Å². The predicted octanol–water partition coefficient (Wildman–Crippen LogP) is 1.74. The van der Waals surface area contributed by atoms with Gasteiger partial charge in [0.1, 0.15) is 16.8 Å². The first-order chi connectivity index (χ1) is 8.17.